The third-order valence-electron chi connectivity index (χ3n) is 2.89. The molecule has 0 spiro atoms. The molecular formula is C14H20N2O3. The first-order valence-corrected chi connectivity index (χ1v) is 6.58. The molecule has 2 N–H and O–H groups in total. The molecule has 1 heterocycles. The number of anilines is 1. The molecule has 0 saturated carbocycles. The Balaban J connectivity index is 1.88. The third-order valence-corrected chi connectivity index (χ3v) is 2.89. The van der Waals surface area contributed by atoms with Crippen molar-refractivity contribution in [3.05, 3.63) is 24.3 Å². The number of nitrogens with one attached hydrogen (secondary N) is 2. The van der Waals surface area contributed by atoms with Crippen LogP contribution in [-0.2, 0) is 9.53 Å². The third kappa shape index (κ3) is 3.61. The Hall–Kier alpha value is -1.75. The van der Waals surface area contributed by atoms with Crippen LogP contribution in [0.15, 0.2) is 24.3 Å². The van der Waals surface area contributed by atoms with Crippen molar-refractivity contribution in [3.8, 4) is 5.75 Å². The standard InChI is InChI=1S/C14H20N2O3/c1-3-18-9-10(2)16-14(17)13-8-15-11-6-4-5-7-12(11)19-13/h4-7,10,13,15H,3,8-9H2,1-2H3,(H,16,17). The Morgan fingerprint density at radius 3 is 3.16 bits per heavy atom. The van der Waals surface area contributed by atoms with E-state index in [1.165, 1.54) is 0 Å². The van der Waals surface area contributed by atoms with Gasteiger partial charge in [-0.15, -0.1) is 0 Å². The Morgan fingerprint density at radius 2 is 2.37 bits per heavy atom. The molecule has 1 aromatic carbocycles. The summed E-state index contributed by atoms with van der Waals surface area (Å²) in [5.74, 6) is 0.598. The van der Waals surface area contributed by atoms with E-state index in [-0.39, 0.29) is 11.9 Å². The van der Waals surface area contributed by atoms with Gasteiger partial charge in [0.15, 0.2) is 6.10 Å². The van der Waals surface area contributed by atoms with Crippen molar-refractivity contribution in [2.75, 3.05) is 25.1 Å². The van der Waals surface area contributed by atoms with Gasteiger partial charge in [0.05, 0.1) is 18.8 Å². The van der Waals surface area contributed by atoms with Crippen molar-refractivity contribution in [2.45, 2.75) is 26.0 Å². The van der Waals surface area contributed by atoms with Crippen molar-refractivity contribution in [3.63, 3.8) is 0 Å². The fourth-order valence-electron chi connectivity index (χ4n) is 1.93. The fraction of sp³-hybridized carbons (Fsp3) is 0.500. The number of carbonyl (C=O) groups is 1. The number of hydrogen-bond acceptors (Lipinski definition) is 4. The van der Waals surface area contributed by atoms with E-state index in [0.717, 1.165) is 5.69 Å². The number of fused-ring (bicyclic) bond motifs is 1. The first kappa shape index (κ1) is 13.7. The molecule has 1 amide bonds. The van der Waals surface area contributed by atoms with Gasteiger partial charge >= 0.3 is 0 Å². The van der Waals surface area contributed by atoms with E-state index >= 15 is 0 Å². The lowest BCUT2D eigenvalue weighted by molar-refractivity contribution is -0.128. The average molecular weight is 264 g/mol. The minimum atomic E-state index is -0.501. The number of carbonyl (C=O) groups excluding carboxylic acids is 1. The highest BCUT2D eigenvalue weighted by Crippen LogP contribution is 2.28. The zero-order chi connectivity index (χ0) is 13.7. The lowest BCUT2D eigenvalue weighted by Crippen LogP contribution is -2.48. The van der Waals surface area contributed by atoms with Crippen molar-refractivity contribution in [2.24, 2.45) is 0 Å². The number of amides is 1. The molecule has 1 aromatic rings. The molecule has 0 aromatic heterocycles. The van der Waals surface area contributed by atoms with E-state index in [4.69, 9.17) is 9.47 Å². The minimum Gasteiger partial charge on any atom is -0.477 e. The smallest absolute Gasteiger partial charge is 0.263 e. The van der Waals surface area contributed by atoms with Gasteiger partial charge in [-0.1, -0.05) is 12.1 Å². The van der Waals surface area contributed by atoms with Crippen LogP contribution < -0.4 is 15.4 Å². The second-order valence-electron chi connectivity index (χ2n) is 4.55. The van der Waals surface area contributed by atoms with Crippen LogP contribution in [0.4, 0.5) is 5.69 Å². The highest BCUT2D eigenvalue weighted by molar-refractivity contribution is 5.83. The molecule has 0 radical (unpaired) electrons. The predicted octanol–water partition coefficient (Wildman–Crippen LogP) is 1.40. The van der Waals surface area contributed by atoms with Gasteiger partial charge in [0.1, 0.15) is 5.75 Å². The maximum Gasteiger partial charge on any atom is 0.263 e. The van der Waals surface area contributed by atoms with Crippen LogP contribution in [0.25, 0.3) is 0 Å². The van der Waals surface area contributed by atoms with E-state index < -0.39 is 6.10 Å². The first-order chi connectivity index (χ1) is 9.20. The summed E-state index contributed by atoms with van der Waals surface area (Å²) in [5.41, 5.74) is 0.925. The van der Waals surface area contributed by atoms with E-state index in [9.17, 15) is 4.79 Å². The summed E-state index contributed by atoms with van der Waals surface area (Å²) in [6, 6.07) is 7.58. The maximum atomic E-state index is 12.0. The molecule has 0 fully saturated rings. The average Bonchev–Trinajstić information content (AvgIpc) is 2.44. The lowest BCUT2D eigenvalue weighted by atomic mass is 10.2. The van der Waals surface area contributed by atoms with Crippen LogP contribution in [-0.4, -0.2) is 37.8 Å². The van der Waals surface area contributed by atoms with Crippen molar-refractivity contribution >= 4 is 11.6 Å². The number of ether oxygens (including phenoxy) is 2. The predicted molar refractivity (Wildman–Crippen MR) is 73.4 cm³/mol. The van der Waals surface area contributed by atoms with Gasteiger partial charge in [-0.3, -0.25) is 4.79 Å². The SMILES string of the molecule is CCOCC(C)NC(=O)C1CNc2ccccc2O1. The highest BCUT2D eigenvalue weighted by Gasteiger charge is 2.26. The molecule has 1 aliphatic rings. The summed E-state index contributed by atoms with van der Waals surface area (Å²) in [6.07, 6.45) is -0.501. The molecule has 2 atom stereocenters. The molecule has 0 bridgehead atoms. The van der Waals surface area contributed by atoms with Crippen LogP contribution in [0.5, 0.6) is 5.75 Å². The van der Waals surface area contributed by atoms with Crippen LogP contribution in [0.1, 0.15) is 13.8 Å². The normalized spacial score (nSPS) is 18.7. The van der Waals surface area contributed by atoms with Crippen LogP contribution in [0.2, 0.25) is 0 Å². The zero-order valence-corrected chi connectivity index (χ0v) is 11.3. The number of benzene rings is 1. The van der Waals surface area contributed by atoms with Crippen LogP contribution >= 0.6 is 0 Å². The molecule has 104 valence electrons. The fourth-order valence-corrected chi connectivity index (χ4v) is 1.93. The second kappa shape index (κ2) is 6.43. The Labute approximate surface area is 113 Å². The maximum absolute atomic E-state index is 12.0. The molecule has 5 heteroatoms. The highest BCUT2D eigenvalue weighted by atomic mass is 16.5. The molecular weight excluding hydrogens is 244 g/mol. The lowest BCUT2D eigenvalue weighted by Gasteiger charge is -2.27. The Morgan fingerprint density at radius 1 is 1.58 bits per heavy atom. The summed E-state index contributed by atoms with van der Waals surface area (Å²) < 4.78 is 11.0. The van der Waals surface area contributed by atoms with Gasteiger partial charge in [-0.2, -0.15) is 0 Å². The summed E-state index contributed by atoms with van der Waals surface area (Å²) in [6.45, 7) is 5.48. The van der Waals surface area contributed by atoms with Crippen molar-refractivity contribution in [1.82, 2.24) is 5.32 Å². The zero-order valence-electron chi connectivity index (χ0n) is 11.3. The Bertz CT molecular complexity index is 436. The summed E-state index contributed by atoms with van der Waals surface area (Å²) >= 11 is 0. The van der Waals surface area contributed by atoms with Gasteiger partial charge in [0.2, 0.25) is 0 Å². The van der Waals surface area contributed by atoms with Gasteiger partial charge in [-0.25, -0.2) is 0 Å². The molecule has 19 heavy (non-hydrogen) atoms. The molecule has 5 nitrogen and oxygen atoms in total. The molecule has 0 saturated heterocycles. The molecule has 0 aliphatic carbocycles. The number of hydrogen-bond donors (Lipinski definition) is 2. The van der Waals surface area contributed by atoms with Crippen LogP contribution in [0.3, 0.4) is 0 Å². The monoisotopic (exact) mass is 264 g/mol. The quantitative estimate of drug-likeness (QED) is 0.844. The van der Waals surface area contributed by atoms with E-state index in [0.29, 0.717) is 25.5 Å². The van der Waals surface area contributed by atoms with Gasteiger partial charge in [-0.05, 0) is 26.0 Å². The van der Waals surface area contributed by atoms with Gasteiger partial charge < -0.3 is 20.1 Å². The summed E-state index contributed by atoms with van der Waals surface area (Å²) in [7, 11) is 0. The summed E-state index contributed by atoms with van der Waals surface area (Å²) in [4.78, 5) is 12.0. The van der Waals surface area contributed by atoms with Gasteiger partial charge in [0.25, 0.3) is 5.91 Å². The largest absolute Gasteiger partial charge is 0.477 e. The first-order valence-electron chi connectivity index (χ1n) is 6.58. The van der Waals surface area contributed by atoms with E-state index in [1.807, 2.05) is 38.1 Å². The molecule has 2 rings (SSSR count). The number of para-hydroxylation sites is 2. The Kier molecular flexibility index (Phi) is 4.63. The summed E-state index contributed by atoms with van der Waals surface area (Å²) in [5, 5.41) is 6.08. The van der Waals surface area contributed by atoms with Crippen LogP contribution in [0, 0.1) is 0 Å². The minimum absolute atomic E-state index is 0.0202. The van der Waals surface area contributed by atoms with E-state index in [1.54, 1.807) is 0 Å². The molecule has 1 aliphatic heterocycles. The number of rotatable bonds is 5. The second-order valence-corrected chi connectivity index (χ2v) is 4.55. The topological polar surface area (TPSA) is 59.6 Å². The van der Waals surface area contributed by atoms with E-state index in [2.05, 4.69) is 10.6 Å². The van der Waals surface area contributed by atoms with Crippen molar-refractivity contribution < 1.29 is 14.3 Å². The van der Waals surface area contributed by atoms with Gasteiger partial charge in [0, 0.05) is 12.6 Å². The van der Waals surface area contributed by atoms with Crippen molar-refractivity contribution in [1.29, 1.82) is 0 Å². The molecule has 2 unspecified atom stereocenters.